The van der Waals surface area contributed by atoms with E-state index in [9.17, 15) is 0 Å². The highest BCUT2D eigenvalue weighted by molar-refractivity contribution is 6.12. The third kappa shape index (κ3) is 7.56. The van der Waals surface area contributed by atoms with Crippen LogP contribution in [0.3, 0.4) is 0 Å². The number of nitrogens with zero attached hydrogens (tertiary/aromatic N) is 1. The van der Waals surface area contributed by atoms with Crippen LogP contribution in [-0.4, -0.2) is 5.71 Å². The lowest BCUT2D eigenvalue weighted by Crippen LogP contribution is -2.04. The Morgan fingerprint density at radius 2 is 1.26 bits per heavy atom. The van der Waals surface area contributed by atoms with E-state index in [4.69, 9.17) is 10.7 Å². The van der Waals surface area contributed by atoms with Gasteiger partial charge < -0.3 is 5.73 Å². The van der Waals surface area contributed by atoms with Crippen LogP contribution in [0.4, 0.5) is 0 Å². The fraction of sp³-hybridized carbons (Fsp3) is 0.0625. The summed E-state index contributed by atoms with van der Waals surface area (Å²) in [7, 11) is 0. The van der Waals surface area contributed by atoms with Crippen molar-refractivity contribution in [3.05, 3.63) is 228 Å². The highest BCUT2D eigenvalue weighted by Gasteiger charge is 2.20. The topological polar surface area (TPSA) is 38.4 Å². The maximum atomic E-state index is 6.52. The number of aliphatic imine (C=N–C) groups is 1. The van der Waals surface area contributed by atoms with Crippen LogP contribution in [0.25, 0.3) is 34.0 Å². The second-order valence-electron chi connectivity index (χ2n) is 12.6. The summed E-state index contributed by atoms with van der Waals surface area (Å²) >= 11 is 0. The van der Waals surface area contributed by atoms with Crippen LogP contribution in [0.15, 0.2) is 194 Å². The Bertz CT molecular complexity index is 2190. The molecule has 1 aliphatic carbocycles. The molecule has 50 heavy (non-hydrogen) atoms. The molecule has 0 spiro atoms. The van der Waals surface area contributed by atoms with Gasteiger partial charge in [-0.2, -0.15) is 0 Å². The van der Waals surface area contributed by atoms with Crippen molar-refractivity contribution in [3.8, 4) is 11.1 Å². The summed E-state index contributed by atoms with van der Waals surface area (Å²) in [5, 5.41) is 0. The van der Waals surface area contributed by atoms with E-state index in [-0.39, 0.29) is 0 Å². The van der Waals surface area contributed by atoms with Crippen LogP contribution in [0.2, 0.25) is 0 Å². The predicted molar refractivity (Wildman–Crippen MR) is 213 cm³/mol. The standard InChI is InChI=1S/C48H40N2/c1-2-36-27-28-42(45-30-43(37-15-7-3-8-16-37)29-44(31-45)38-17-9-4-10-18-38)32-46(36)39-25-23-35(24-26-39)34-50-48(41-21-13-6-14-22-41)33-47(49)40-19-11-5-12-20-40/h2-30,32-33,44H,1,31,34,49H2/b47-33-,50-48?. The lowest BCUT2D eigenvalue weighted by molar-refractivity contribution is 0.871. The number of allylic oxidation sites excluding steroid dienone is 5. The lowest BCUT2D eigenvalue weighted by atomic mass is 9.80. The summed E-state index contributed by atoms with van der Waals surface area (Å²) in [5.74, 6) is 0.299. The van der Waals surface area contributed by atoms with Gasteiger partial charge in [0.05, 0.1) is 12.3 Å². The first-order valence-corrected chi connectivity index (χ1v) is 17.2. The van der Waals surface area contributed by atoms with Crippen molar-refractivity contribution in [2.24, 2.45) is 10.7 Å². The molecule has 7 rings (SSSR count). The van der Waals surface area contributed by atoms with Crippen molar-refractivity contribution >= 4 is 28.6 Å². The van der Waals surface area contributed by atoms with Gasteiger partial charge >= 0.3 is 0 Å². The average Bonchev–Trinajstić information content (AvgIpc) is 3.20. The highest BCUT2D eigenvalue weighted by atomic mass is 14.7. The monoisotopic (exact) mass is 644 g/mol. The second kappa shape index (κ2) is 15.3. The molecular formula is C48H40N2. The largest absolute Gasteiger partial charge is 0.398 e. The Kier molecular flexibility index (Phi) is 9.90. The average molecular weight is 645 g/mol. The van der Waals surface area contributed by atoms with E-state index in [1.807, 2.05) is 60.7 Å². The molecule has 1 unspecified atom stereocenters. The molecule has 1 aliphatic rings. The van der Waals surface area contributed by atoms with Gasteiger partial charge in [-0.3, -0.25) is 4.99 Å². The zero-order chi connectivity index (χ0) is 34.1. The number of nitrogens with two attached hydrogens (primary N) is 1. The minimum absolute atomic E-state index is 0.299. The van der Waals surface area contributed by atoms with Crippen molar-refractivity contribution in [2.75, 3.05) is 0 Å². The zero-order valence-corrected chi connectivity index (χ0v) is 28.1. The third-order valence-corrected chi connectivity index (χ3v) is 9.29. The molecule has 1 atom stereocenters. The van der Waals surface area contributed by atoms with Crippen molar-refractivity contribution in [3.63, 3.8) is 0 Å². The minimum atomic E-state index is 0.299. The molecule has 242 valence electrons. The minimum Gasteiger partial charge on any atom is -0.398 e. The summed E-state index contributed by atoms with van der Waals surface area (Å²) in [6.07, 6.45) is 9.65. The van der Waals surface area contributed by atoms with Gasteiger partial charge in [-0.05, 0) is 79.8 Å². The van der Waals surface area contributed by atoms with Gasteiger partial charge in [-0.25, -0.2) is 0 Å². The molecule has 0 bridgehead atoms. The maximum absolute atomic E-state index is 6.52. The van der Waals surface area contributed by atoms with E-state index in [0.29, 0.717) is 18.2 Å². The predicted octanol–water partition coefficient (Wildman–Crippen LogP) is 11.6. The quantitative estimate of drug-likeness (QED) is 0.148. The van der Waals surface area contributed by atoms with E-state index >= 15 is 0 Å². The number of hydrogen-bond acceptors (Lipinski definition) is 2. The van der Waals surface area contributed by atoms with E-state index in [1.165, 1.54) is 33.4 Å². The van der Waals surface area contributed by atoms with Crippen LogP contribution >= 0.6 is 0 Å². The molecule has 2 N–H and O–H groups in total. The number of hydrogen-bond donors (Lipinski definition) is 1. The summed E-state index contributed by atoms with van der Waals surface area (Å²) in [4.78, 5) is 5.04. The summed E-state index contributed by atoms with van der Waals surface area (Å²) in [5.41, 5.74) is 21.0. The van der Waals surface area contributed by atoms with Crippen molar-refractivity contribution < 1.29 is 0 Å². The van der Waals surface area contributed by atoms with E-state index in [2.05, 4.69) is 134 Å². The molecule has 2 heteroatoms. The molecule has 0 fully saturated rings. The SMILES string of the molecule is C=Cc1ccc(C2=CC(c3ccccc3)=CC(c3ccccc3)C2)cc1-c1ccc(CN=C(/C=C(\N)c2ccccc2)c2ccccc2)cc1. The Morgan fingerprint density at radius 3 is 1.92 bits per heavy atom. The summed E-state index contributed by atoms with van der Waals surface area (Å²) < 4.78 is 0. The number of benzene rings is 6. The van der Waals surface area contributed by atoms with Crippen molar-refractivity contribution in [1.29, 1.82) is 0 Å². The molecule has 0 aromatic heterocycles. The zero-order valence-electron chi connectivity index (χ0n) is 28.1. The second-order valence-corrected chi connectivity index (χ2v) is 12.6. The van der Waals surface area contributed by atoms with Crippen LogP contribution in [-0.2, 0) is 6.54 Å². The van der Waals surface area contributed by atoms with Crippen molar-refractivity contribution in [2.45, 2.75) is 18.9 Å². The molecular weight excluding hydrogens is 605 g/mol. The molecule has 0 heterocycles. The molecule has 0 saturated carbocycles. The number of rotatable bonds is 10. The highest BCUT2D eigenvalue weighted by Crippen LogP contribution is 2.40. The normalized spacial score (nSPS) is 14.8. The maximum Gasteiger partial charge on any atom is 0.0671 e. The molecule has 0 aliphatic heterocycles. The smallest absolute Gasteiger partial charge is 0.0671 e. The summed E-state index contributed by atoms with van der Waals surface area (Å²) in [6.45, 7) is 4.69. The Hall–Kier alpha value is -6.25. The summed E-state index contributed by atoms with van der Waals surface area (Å²) in [6, 6.07) is 57.3. The molecule has 2 nitrogen and oxygen atoms in total. The molecule has 0 radical (unpaired) electrons. The van der Waals surface area contributed by atoms with Gasteiger partial charge in [0.15, 0.2) is 0 Å². The molecule has 0 amide bonds. The van der Waals surface area contributed by atoms with Gasteiger partial charge in [0.25, 0.3) is 0 Å². The lowest BCUT2D eigenvalue weighted by Gasteiger charge is -2.24. The fourth-order valence-electron chi connectivity index (χ4n) is 6.57. The van der Waals surface area contributed by atoms with E-state index in [1.54, 1.807) is 0 Å². The third-order valence-electron chi connectivity index (χ3n) is 9.29. The fourth-order valence-corrected chi connectivity index (χ4v) is 6.57. The van der Waals surface area contributed by atoms with Crippen LogP contribution in [0, 0.1) is 0 Å². The van der Waals surface area contributed by atoms with Crippen molar-refractivity contribution in [1.82, 2.24) is 0 Å². The molecule has 6 aromatic rings. The van der Waals surface area contributed by atoms with Gasteiger partial charge in [-0.1, -0.05) is 183 Å². The van der Waals surface area contributed by atoms with Crippen LogP contribution in [0.5, 0.6) is 0 Å². The molecule has 6 aromatic carbocycles. The molecule has 0 saturated heterocycles. The van der Waals surface area contributed by atoms with Gasteiger partial charge in [0, 0.05) is 11.6 Å². The van der Waals surface area contributed by atoms with Gasteiger partial charge in [-0.15, -0.1) is 0 Å². The van der Waals surface area contributed by atoms with Gasteiger partial charge in [0.2, 0.25) is 0 Å². The van der Waals surface area contributed by atoms with Crippen LogP contribution in [0.1, 0.15) is 51.3 Å². The van der Waals surface area contributed by atoms with Gasteiger partial charge in [0.1, 0.15) is 0 Å². The first-order chi connectivity index (χ1) is 24.6. The van der Waals surface area contributed by atoms with Crippen LogP contribution < -0.4 is 5.73 Å². The first-order valence-electron chi connectivity index (χ1n) is 17.2. The Morgan fingerprint density at radius 1 is 0.660 bits per heavy atom. The Balaban J connectivity index is 1.18. The van der Waals surface area contributed by atoms with E-state index < -0.39 is 0 Å². The first kappa shape index (κ1) is 32.3. The van der Waals surface area contributed by atoms with E-state index in [0.717, 1.165) is 39.9 Å². The Labute approximate surface area is 296 Å².